The van der Waals surface area contributed by atoms with E-state index in [1.54, 1.807) is 14.2 Å². The first-order valence-corrected chi connectivity index (χ1v) is 13.1. The predicted octanol–water partition coefficient (Wildman–Crippen LogP) is 3.07. The van der Waals surface area contributed by atoms with Crippen LogP contribution in [0.1, 0.15) is 25.7 Å². The second-order valence-corrected chi connectivity index (χ2v) is 15.1. The first-order valence-electron chi connectivity index (χ1n) is 7.74. The third kappa shape index (κ3) is 4.14. The van der Waals surface area contributed by atoms with Gasteiger partial charge in [-0.1, -0.05) is 6.42 Å². The molecule has 4 unspecified atom stereocenters. The molecule has 0 N–H and O–H groups in total. The fourth-order valence-corrected chi connectivity index (χ4v) is 12.7. The Labute approximate surface area is 125 Å². The largest absolute Gasteiger partial charge is 0.420 e. The molecule has 20 heavy (non-hydrogen) atoms. The molecule has 1 saturated carbocycles. The summed E-state index contributed by atoms with van der Waals surface area (Å²) in [6.07, 6.45) is 6.34. The Morgan fingerprint density at radius 3 is 2.25 bits per heavy atom. The standard InChI is InChI=1S/C14H30O4Si2/c1-15-19(4,11-20(5,16-2)17-3)9-8-12-6-7-13-14(10-12)18-13/h12-14H,6-11H2,1-5H3. The Hall–Kier alpha value is 0.274. The Morgan fingerprint density at radius 2 is 1.70 bits per heavy atom. The van der Waals surface area contributed by atoms with Crippen molar-refractivity contribution in [3.05, 3.63) is 0 Å². The highest BCUT2D eigenvalue weighted by molar-refractivity contribution is 6.88. The molecule has 1 heterocycles. The minimum Gasteiger partial charge on any atom is -0.420 e. The van der Waals surface area contributed by atoms with Crippen LogP contribution in [0, 0.1) is 5.92 Å². The molecule has 118 valence electrons. The number of rotatable bonds is 8. The third-order valence-electron chi connectivity index (χ3n) is 5.25. The van der Waals surface area contributed by atoms with Crippen LogP contribution < -0.4 is 0 Å². The molecule has 0 aromatic rings. The molecule has 0 amide bonds. The zero-order valence-electron chi connectivity index (χ0n) is 13.6. The van der Waals surface area contributed by atoms with Crippen molar-refractivity contribution in [1.82, 2.24) is 0 Å². The Bertz CT molecular complexity index is 324. The van der Waals surface area contributed by atoms with Crippen LogP contribution in [0.5, 0.6) is 0 Å². The molecule has 1 saturated heterocycles. The molecule has 0 spiro atoms. The molecule has 1 aliphatic heterocycles. The van der Waals surface area contributed by atoms with E-state index in [4.69, 9.17) is 18.0 Å². The molecule has 1 aliphatic carbocycles. The number of hydrogen-bond donors (Lipinski definition) is 0. The van der Waals surface area contributed by atoms with Crippen LogP contribution in [0.15, 0.2) is 0 Å². The van der Waals surface area contributed by atoms with Gasteiger partial charge in [-0.25, -0.2) is 0 Å². The number of ether oxygens (including phenoxy) is 1. The van der Waals surface area contributed by atoms with Gasteiger partial charge >= 0.3 is 8.56 Å². The summed E-state index contributed by atoms with van der Waals surface area (Å²) in [6, 6.07) is 1.21. The monoisotopic (exact) mass is 318 g/mol. The molecule has 0 aromatic carbocycles. The predicted molar refractivity (Wildman–Crippen MR) is 84.5 cm³/mol. The molecular weight excluding hydrogens is 288 g/mol. The van der Waals surface area contributed by atoms with E-state index in [9.17, 15) is 0 Å². The van der Waals surface area contributed by atoms with Gasteiger partial charge in [-0.05, 0) is 44.3 Å². The second-order valence-electron chi connectivity index (χ2n) is 6.80. The van der Waals surface area contributed by atoms with Gasteiger partial charge in [-0.15, -0.1) is 0 Å². The zero-order valence-corrected chi connectivity index (χ0v) is 15.6. The lowest BCUT2D eigenvalue weighted by molar-refractivity contribution is 0.251. The fourth-order valence-electron chi connectivity index (χ4n) is 3.43. The summed E-state index contributed by atoms with van der Waals surface area (Å²) in [4.78, 5) is 0. The lowest BCUT2D eigenvalue weighted by atomic mass is 9.88. The lowest BCUT2D eigenvalue weighted by Crippen LogP contribution is -2.48. The second kappa shape index (κ2) is 6.58. The Kier molecular flexibility index (Phi) is 5.48. The maximum absolute atomic E-state index is 5.95. The lowest BCUT2D eigenvalue weighted by Gasteiger charge is -2.34. The van der Waals surface area contributed by atoms with Gasteiger partial charge in [0.05, 0.1) is 12.2 Å². The molecule has 6 heteroatoms. The maximum Gasteiger partial charge on any atom is 0.333 e. The van der Waals surface area contributed by atoms with Crippen LogP contribution in [-0.4, -0.2) is 50.4 Å². The summed E-state index contributed by atoms with van der Waals surface area (Å²) < 4.78 is 22.9. The number of fused-ring (bicyclic) bond motifs is 1. The van der Waals surface area contributed by atoms with Gasteiger partial charge in [0.15, 0.2) is 8.32 Å². The van der Waals surface area contributed by atoms with Gasteiger partial charge in [-0.2, -0.15) is 0 Å². The van der Waals surface area contributed by atoms with Gasteiger partial charge in [0.25, 0.3) is 0 Å². The molecule has 4 atom stereocenters. The summed E-state index contributed by atoms with van der Waals surface area (Å²) in [5, 5.41) is 0. The molecule has 2 rings (SSSR count). The van der Waals surface area contributed by atoms with Crippen molar-refractivity contribution >= 4 is 16.9 Å². The van der Waals surface area contributed by atoms with Gasteiger partial charge in [-0.3, -0.25) is 0 Å². The zero-order chi connectivity index (χ0) is 14.8. The fraction of sp³-hybridized carbons (Fsp3) is 1.00. The van der Waals surface area contributed by atoms with E-state index in [-0.39, 0.29) is 0 Å². The van der Waals surface area contributed by atoms with E-state index < -0.39 is 16.9 Å². The molecule has 0 bridgehead atoms. The summed E-state index contributed by atoms with van der Waals surface area (Å²) >= 11 is 0. The van der Waals surface area contributed by atoms with Gasteiger partial charge in [0.1, 0.15) is 0 Å². The summed E-state index contributed by atoms with van der Waals surface area (Å²) in [7, 11) is 1.65. The van der Waals surface area contributed by atoms with Gasteiger partial charge in [0, 0.05) is 27.0 Å². The van der Waals surface area contributed by atoms with Crippen LogP contribution in [-0.2, 0) is 18.0 Å². The van der Waals surface area contributed by atoms with E-state index in [0.29, 0.717) is 12.2 Å². The molecule has 4 nitrogen and oxygen atoms in total. The summed E-state index contributed by atoms with van der Waals surface area (Å²) in [6.45, 7) is 4.47. The van der Waals surface area contributed by atoms with Crippen molar-refractivity contribution in [3.63, 3.8) is 0 Å². The minimum atomic E-state index is -2.03. The number of hydrogen-bond acceptors (Lipinski definition) is 4. The first-order chi connectivity index (χ1) is 9.43. The molecule has 2 aliphatic rings. The van der Waals surface area contributed by atoms with Gasteiger partial charge < -0.3 is 18.0 Å². The summed E-state index contributed by atoms with van der Waals surface area (Å²) in [5.74, 6) is 0.832. The van der Waals surface area contributed by atoms with Gasteiger partial charge in [0.2, 0.25) is 0 Å². The van der Waals surface area contributed by atoms with Crippen molar-refractivity contribution in [2.75, 3.05) is 21.3 Å². The molecule has 0 radical (unpaired) electrons. The Balaban J connectivity index is 1.83. The SMILES string of the molecule is CO[Si](C)(CCC1CCC2OC2C1)C[Si](C)(OC)OC. The highest BCUT2D eigenvalue weighted by Crippen LogP contribution is 2.42. The number of epoxide rings is 1. The van der Waals surface area contributed by atoms with Crippen molar-refractivity contribution in [3.8, 4) is 0 Å². The van der Waals surface area contributed by atoms with Crippen molar-refractivity contribution in [2.24, 2.45) is 5.92 Å². The van der Waals surface area contributed by atoms with Crippen molar-refractivity contribution < 1.29 is 18.0 Å². The normalized spacial score (nSPS) is 32.5. The van der Waals surface area contributed by atoms with E-state index >= 15 is 0 Å². The van der Waals surface area contributed by atoms with E-state index in [0.717, 1.165) is 11.6 Å². The molecular formula is C14H30O4Si2. The van der Waals surface area contributed by atoms with Crippen LogP contribution in [0.3, 0.4) is 0 Å². The van der Waals surface area contributed by atoms with Crippen molar-refractivity contribution in [2.45, 2.75) is 62.7 Å². The smallest absolute Gasteiger partial charge is 0.333 e. The van der Waals surface area contributed by atoms with Crippen LogP contribution >= 0.6 is 0 Å². The molecule has 2 fully saturated rings. The average molecular weight is 319 g/mol. The van der Waals surface area contributed by atoms with E-state index in [1.807, 2.05) is 7.11 Å². The van der Waals surface area contributed by atoms with E-state index in [2.05, 4.69) is 13.1 Å². The highest BCUT2D eigenvalue weighted by Gasteiger charge is 2.45. The topological polar surface area (TPSA) is 40.2 Å². The van der Waals surface area contributed by atoms with Crippen LogP contribution in [0.2, 0.25) is 24.8 Å². The average Bonchev–Trinajstić information content (AvgIpc) is 3.23. The highest BCUT2D eigenvalue weighted by atomic mass is 28.4. The third-order valence-corrected chi connectivity index (χ3v) is 14.9. The van der Waals surface area contributed by atoms with E-state index in [1.165, 1.54) is 31.7 Å². The van der Waals surface area contributed by atoms with Crippen LogP contribution in [0.4, 0.5) is 0 Å². The molecule has 0 aromatic heterocycles. The maximum atomic E-state index is 5.95. The Morgan fingerprint density at radius 1 is 1.00 bits per heavy atom. The quantitative estimate of drug-likeness (QED) is 0.509. The van der Waals surface area contributed by atoms with Crippen molar-refractivity contribution in [1.29, 1.82) is 0 Å². The minimum absolute atomic E-state index is 0.585. The first kappa shape index (κ1) is 16.6. The summed E-state index contributed by atoms with van der Waals surface area (Å²) in [5.41, 5.74) is 1.01. The van der Waals surface area contributed by atoms with Crippen LogP contribution in [0.25, 0.3) is 0 Å².